The summed E-state index contributed by atoms with van der Waals surface area (Å²) < 4.78 is 0. The van der Waals surface area contributed by atoms with Gasteiger partial charge in [0.2, 0.25) is 0 Å². The monoisotopic (exact) mass is 342 g/mol. The van der Waals surface area contributed by atoms with E-state index in [0.717, 1.165) is 31.4 Å². The van der Waals surface area contributed by atoms with E-state index >= 15 is 0 Å². The molecule has 0 aromatic heterocycles. The quantitative estimate of drug-likeness (QED) is 0.376. The number of nitrogens with one attached hydrogen (secondary N) is 2. The SMILES string of the molecule is O=C(/C=C/c1ccc(CNC23C[C@@H]4C[C@@H](CC(O)(C4)C2)C3)cc1)NO. The highest BCUT2D eigenvalue weighted by atomic mass is 16.5. The number of amides is 1. The Labute approximate surface area is 148 Å². The number of carbonyl (C=O) groups is 1. The second-order valence-corrected chi connectivity index (χ2v) is 8.37. The Balaban J connectivity index is 1.39. The molecule has 1 amide bonds. The first-order valence-corrected chi connectivity index (χ1v) is 9.16. The molecule has 25 heavy (non-hydrogen) atoms. The Morgan fingerprint density at radius 2 is 1.84 bits per heavy atom. The number of hydroxylamine groups is 1. The lowest BCUT2D eigenvalue weighted by Gasteiger charge is -2.60. The number of rotatable bonds is 5. The highest BCUT2D eigenvalue weighted by molar-refractivity contribution is 5.90. The number of hydrogen-bond donors (Lipinski definition) is 4. The van der Waals surface area contributed by atoms with Crippen LogP contribution >= 0.6 is 0 Å². The van der Waals surface area contributed by atoms with Crippen LogP contribution in [0.3, 0.4) is 0 Å². The Kier molecular flexibility index (Phi) is 4.18. The van der Waals surface area contributed by atoms with Crippen LogP contribution < -0.4 is 10.8 Å². The lowest BCUT2D eigenvalue weighted by Crippen LogP contribution is -2.64. The summed E-state index contributed by atoms with van der Waals surface area (Å²) >= 11 is 0. The molecule has 4 N–H and O–H groups in total. The van der Waals surface area contributed by atoms with Crippen LogP contribution in [0.15, 0.2) is 30.3 Å². The minimum atomic E-state index is -0.537. The van der Waals surface area contributed by atoms with E-state index in [1.807, 2.05) is 12.1 Å². The fraction of sp³-hybridized carbons (Fsp3) is 0.550. The van der Waals surface area contributed by atoms with E-state index in [2.05, 4.69) is 17.4 Å². The Bertz CT molecular complexity index is 669. The molecule has 1 aromatic rings. The highest BCUT2D eigenvalue weighted by Gasteiger charge is 2.56. The smallest absolute Gasteiger partial charge is 0.267 e. The third-order valence-electron chi connectivity index (χ3n) is 6.21. The summed E-state index contributed by atoms with van der Waals surface area (Å²) in [6.07, 6.45) is 9.54. The number of benzene rings is 1. The second-order valence-electron chi connectivity index (χ2n) is 8.37. The first-order valence-electron chi connectivity index (χ1n) is 9.16. The van der Waals surface area contributed by atoms with Crippen LogP contribution in [0.1, 0.15) is 49.7 Å². The molecule has 0 spiro atoms. The van der Waals surface area contributed by atoms with Gasteiger partial charge in [0.05, 0.1) is 5.60 Å². The first kappa shape index (κ1) is 16.8. The van der Waals surface area contributed by atoms with E-state index < -0.39 is 11.5 Å². The molecule has 5 rings (SSSR count). The Hall–Kier alpha value is -1.69. The maximum absolute atomic E-state index is 11.0. The molecule has 5 nitrogen and oxygen atoms in total. The number of aliphatic hydroxyl groups is 1. The zero-order chi connectivity index (χ0) is 17.5. The van der Waals surface area contributed by atoms with E-state index in [0.29, 0.717) is 11.8 Å². The molecule has 0 heterocycles. The molecule has 4 aliphatic carbocycles. The molecule has 5 heteroatoms. The lowest BCUT2D eigenvalue weighted by molar-refractivity contribution is -0.142. The van der Waals surface area contributed by atoms with Gasteiger partial charge in [0.1, 0.15) is 0 Å². The van der Waals surface area contributed by atoms with Crippen LogP contribution in [0.5, 0.6) is 0 Å². The van der Waals surface area contributed by atoms with Gasteiger partial charge in [-0.05, 0) is 67.6 Å². The molecule has 4 bridgehead atoms. The fourth-order valence-corrected chi connectivity index (χ4v) is 5.67. The van der Waals surface area contributed by atoms with Gasteiger partial charge in [0.15, 0.2) is 0 Å². The van der Waals surface area contributed by atoms with Gasteiger partial charge in [-0.25, -0.2) is 5.48 Å². The molecule has 2 unspecified atom stereocenters. The van der Waals surface area contributed by atoms with Crippen molar-refractivity contribution in [2.45, 2.75) is 56.2 Å². The minimum Gasteiger partial charge on any atom is -0.390 e. The van der Waals surface area contributed by atoms with Crippen molar-refractivity contribution in [3.8, 4) is 0 Å². The largest absolute Gasteiger partial charge is 0.390 e. The highest BCUT2D eigenvalue weighted by Crippen LogP contribution is 2.57. The van der Waals surface area contributed by atoms with Gasteiger partial charge in [-0.2, -0.15) is 0 Å². The molecule has 4 aliphatic rings. The Morgan fingerprint density at radius 1 is 1.16 bits per heavy atom. The van der Waals surface area contributed by atoms with Gasteiger partial charge in [0, 0.05) is 18.2 Å². The molecule has 4 atom stereocenters. The summed E-state index contributed by atoms with van der Waals surface area (Å²) in [6.45, 7) is 0.802. The van der Waals surface area contributed by atoms with Gasteiger partial charge in [-0.15, -0.1) is 0 Å². The van der Waals surface area contributed by atoms with Crippen molar-refractivity contribution in [3.63, 3.8) is 0 Å². The zero-order valence-corrected chi connectivity index (χ0v) is 14.4. The summed E-state index contributed by atoms with van der Waals surface area (Å²) in [5.74, 6) is 0.832. The molecule has 1 aromatic carbocycles. The van der Waals surface area contributed by atoms with Gasteiger partial charge in [-0.1, -0.05) is 24.3 Å². The average molecular weight is 342 g/mol. The maximum atomic E-state index is 11.0. The van der Waals surface area contributed by atoms with E-state index in [-0.39, 0.29) is 5.54 Å². The van der Waals surface area contributed by atoms with Gasteiger partial charge < -0.3 is 10.4 Å². The molecule has 4 saturated carbocycles. The van der Waals surface area contributed by atoms with Crippen molar-refractivity contribution in [1.29, 1.82) is 0 Å². The van der Waals surface area contributed by atoms with Crippen molar-refractivity contribution in [1.82, 2.24) is 10.8 Å². The molecular weight excluding hydrogens is 316 g/mol. The molecule has 0 aliphatic heterocycles. The van der Waals surface area contributed by atoms with Crippen LogP contribution in [0, 0.1) is 11.8 Å². The molecule has 0 saturated heterocycles. The fourth-order valence-electron chi connectivity index (χ4n) is 5.67. The third kappa shape index (κ3) is 3.50. The maximum Gasteiger partial charge on any atom is 0.267 e. The first-order chi connectivity index (χ1) is 12.0. The van der Waals surface area contributed by atoms with Crippen molar-refractivity contribution in [2.75, 3.05) is 0 Å². The van der Waals surface area contributed by atoms with Crippen LogP contribution in [-0.4, -0.2) is 27.4 Å². The van der Waals surface area contributed by atoms with E-state index in [4.69, 9.17) is 5.21 Å². The molecule has 134 valence electrons. The zero-order valence-electron chi connectivity index (χ0n) is 14.4. The lowest BCUT2D eigenvalue weighted by atomic mass is 9.51. The standard InChI is InChI=1S/C20H26N2O3/c23-18(22-25)6-5-14-1-3-15(4-2-14)12-21-19-8-16-7-17(9-19)11-20(24,10-16)13-19/h1-6,16-17,21,24-25H,7-13H2,(H,22,23)/b6-5+/t16-,17+,19?,20?. The Morgan fingerprint density at radius 3 is 2.44 bits per heavy atom. The van der Waals surface area contributed by atoms with Crippen molar-refractivity contribution >= 4 is 12.0 Å². The normalized spacial score (nSPS) is 36.1. The second kappa shape index (κ2) is 6.24. The predicted octanol–water partition coefficient (Wildman–Crippen LogP) is 2.38. The summed E-state index contributed by atoms with van der Waals surface area (Å²) in [6, 6.07) is 8.04. The summed E-state index contributed by atoms with van der Waals surface area (Å²) in [5, 5.41) is 23.1. The van der Waals surface area contributed by atoms with Gasteiger partial charge in [-0.3, -0.25) is 10.0 Å². The van der Waals surface area contributed by atoms with E-state index in [1.165, 1.54) is 30.9 Å². The minimum absolute atomic E-state index is 0.108. The van der Waals surface area contributed by atoms with Crippen LogP contribution in [0.2, 0.25) is 0 Å². The molecule has 4 fully saturated rings. The van der Waals surface area contributed by atoms with Crippen molar-refractivity contribution in [3.05, 3.63) is 41.5 Å². The average Bonchev–Trinajstić information content (AvgIpc) is 2.56. The summed E-state index contributed by atoms with van der Waals surface area (Å²) in [7, 11) is 0. The summed E-state index contributed by atoms with van der Waals surface area (Å²) in [5.41, 5.74) is 3.37. The van der Waals surface area contributed by atoms with Crippen molar-refractivity contribution in [2.24, 2.45) is 11.8 Å². The third-order valence-corrected chi connectivity index (χ3v) is 6.21. The predicted molar refractivity (Wildman–Crippen MR) is 94.6 cm³/mol. The van der Waals surface area contributed by atoms with Crippen LogP contribution in [0.4, 0.5) is 0 Å². The molecule has 0 radical (unpaired) electrons. The van der Waals surface area contributed by atoms with Crippen LogP contribution in [-0.2, 0) is 11.3 Å². The van der Waals surface area contributed by atoms with Gasteiger partial charge in [0.25, 0.3) is 5.91 Å². The van der Waals surface area contributed by atoms with Crippen molar-refractivity contribution < 1.29 is 15.1 Å². The van der Waals surface area contributed by atoms with Crippen LogP contribution in [0.25, 0.3) is 6.08 Å². The summed E-state index contributed by atoms with van der Waals surface area (Å²) in [4.78, 5) is 11.0. The molecular formula is C20H26N2O3. The van der Waals surface area contributed by atoms with E-state index in [1.54, 1.807) is 11.6 Å². The van der Waals surface area contributed by atoms with E-state index in [9.17, 15) is 9.90 Å². The van der Waals surface area contributed by atoms with Gasteiger partial charge >= 0.3 is 0 Å². The number of hydrogen-bond acceptors (Lipinski definition) is 4. The topological polar surface area (TPSA) is 81.6 Å². The number of carbonyl (C=O) groups excluding carboxylic acids is 1.